The van der Waals surface area contributed by atoms with Crippen LogP contribution in [0.4, 0.5) is 11.4 Å². The summed E-state index contributed by atoms with van der Waals surface area (Å²) in [6.07, 6.45) is 9.04. The standard InChI is InChI=1S/C16H21ClN2O2/c17-15-8-7-14(19(20)21)10-16(15)18-13-6-5-11-3-1-2-4-12(11)9-13/h7-8,10-13,18H,1-6,9H2. The third kappa shape index (κ3) is 3.31. The quantitative estimate of drug-likeness (QED) is 0.630. The first kappa shape index (κ1) is 14.6. The highest BCUT2D eigenvalue weighted by molar-refractivity contribution is 6.33. The molecule has 0 aromatic heterocycles. The van der Waals surface area contributed by atoms with E-state index in [9.17, 15) is 10.1 Å². The Bertz CT molecular complexity index is 535. The van der Waals surface area contributed by atoms with Gasteiger partial charge in [-0.15, -0.1) is 0 Å². The van der Waals surface area contributed by atoms with Crippen molar-refractivity contribution in [3.63, 3.8) is 0 Å². The van der Waals surface area contributed by atoms with Crippen LogP contribution in [0.1, 0.15) is 44.9 Å². The molecule has 0 bridgehead atoms. The summed E-state index contributed by atoms with van der Waals surface area (Å²) in [6.45, 7) is 0. The topological polar surface area (TPSA) is 55.2 Å². The molecule has 2 saturated carbocycles. The molecule has 0 spiro atoms. The van der Waals surface area contributed by atoms with Crippen molar-refractivity contribution in [2.45, 2.75) is 51.0 Å². The van der Waals surface area contributed by atoms with E-state index in [-0.39, 0.29) is 10.6 Å². The lowest BCUT2D eigenvalue weighted by Crippen LogP contribution is -2.34. The zero-order valence-electron chi connectivity index (χ0n) is 12.1. The first-order valence-corrected chi connectivity index (χ1v) is 8.22. The van der Waals surface area contributed by atoms with E-state index in [0.29, 0.717) is 16.8 Å². The maximum atomic E-state index is 10.9. The van der Waals surface area contributed by atoms with Gasteiger partial charge in [-0.3, -0.25) is 10.1 Å². The molecule has 2 aliphatic carbocycles. The minimum Gasteiger partial charge on any atom is -0.381 e. The number of nitro groups is 1. The Balaban J connectivity index is 1.69. The van der Waals surface area contributed by atoms with Crippen LogP contribution >= 0.6 is 11.6 Å². The molecule has 4 nitrogen and oxygen atoms in total. The normalized spacial score (nSPS) is 28.7. The van der Waals surface area contributed by atoms with Gasteiger partial charge >= 0.3 is 0 Å². The molecule has 0 heterocycles. The van der Waals surface area contributed by atoms with E-state index in [1.54, 1.807) is 12.1 Å². The molecule has 5 heteroatoms. The van der Waals surface area contributed by atoms with Crippen molar-refractivity contribution in [2.75, 3.05) is 5.32 Å². The summed E-state index contributed by atoms with van der Waals surface area (Å²) in [4.78, 5) is 10.5. The van der Waals surface area contributed by atoms with Crippen LogP contribution in [-0.2, 0) is 0 Å². The fourth-order valence-electron chi connectivity index (χ4n) is 3.96. The van der Waals surface area contributed by atoms with Gasteiger partial charge in [0.05, 0.1) is 15.6 Å². The largest absolute Gasteiger partial charge is 0.381 e. The van der Waals surface area contributed by atoms with Crippen molar-refractivity contribution >= 4 is 23.0 Å². The summed E-state index contributed by atoms with van der Waals surface area (Å²) in [6, 6.07) is 5.00. The van der Waals surface area contributed by atoms with Crippen LogP contribution < -0.4 is 5.32 Å². The van der Waals surface area contributed by atoms with Gasteiger partial charge in [-0.1, -0.05) is 37.3 Å². The zero-order valence-corrected chi connectivity index (χ0v) is 12.8. The maximum absolute atomic E-state index is 10.9. The molecule has 0 saturated heterocycles. The van der Waals surface area contributed by atoms with Gasteiger partial charge in [-0.2, -0.15) is 0 Å². The number of hydrogen-bond donors (Lipinski definition) is 1. The van der Waals surface area contributed by atoms with Gasteiger partial charge < -0.3 is 5.32 Å². The lowest BCUT2D eigenvalue weighted by atomic mass is 9.69. The van der Waals surface area contributed by atoms with Crippen LogP contribution in [0.2, 0.25) is 5.02 Å². The Hall–Kier alpha value is -1.29. The SMILES string of the molecule is O=[N+]([O-])c1ccc(Cl)c(NC2CCC3CCCCC3C2)c1. The number of nitrogens with zero attached hydrogens (tertiary/aromatic N) is 1. The first-order valence-electron chi connectivity index (χ1n) is 7.84. The van der Waals surface area contributed by atoms with Crippen LogP contribution in [0.15, 0.2) is 18.2 Å². The van der Waals surface area contributed by atoms with E-state index in [1.807, 2.05) is 0 Å². The first-order chi connectivity index (χ1) is 10.1. The number of fused-ring (bicyclic) bond motifs is 1. The van der Waals surface area contributed by atoms with Gasteiger partial charge in [0.1, 0.15) is 0 Å². The Kier molecular flexibility index (Phi) is 4.34. The molecule has 0 amide bonds. The lowest BCUT2D eigenvalue weighted by Gasteiger charge is -2.39. The second-order valence-corrected chi connectivity index (χ2v) is 6.79. The van der Waals surface area contributed by atoms with E-state index in [2.05, 4.69) is 5.32 Å². The Labute approximate surface area is 130 Å². The number of non-ortho nitro benzene ring substituents is 1. The monoisotopic (exact) mass is 308 g/mol. The van der Waals surface area contributed by atoms with Crippen molar-refractivity contribution in [1.29, 1.82) is 0 Å². The van der Waals surface area contributed by atoms with Gasteiger partial charge in [0.25, 0.3) is 5.69 Å². The molecule has 114 valence electrons. The van der Waals surface area contributed by atoms with Crippen LogP contribution in [-0.4, -0.2) is 11.0 Å². The van der Waals surface area contributed by atoms with Crippen LogP contribution in [0.25, 0.3) is 0 Å². The number of nitro benzene ring substituents is 1. The van der Waals surface area contributed by atoms with Gasteiger partial charge in [0, 0.05) is 18.2 Å². The van der Waals surface area contributed by atoms with Crippen LogP contribution in [0.5, 0.6) is 0 Å². The average Bonchev–Trinajstić information content (AvgIpc) is 2.49. The fraction of sp³-hybridized carbons (Fsp3) is 0.625. The van der Waals surface area contributed by atoms with Crippen molar-refractivity contribution in [3.8, 4) is 0 Å². The van der Waals surface area contributed by atoms with E-state index in [0.717, 1.165) is 18.3 Å². The molecule has 2 aliphatic rings. The van der Waals surface area contributed by atoms with Gasteiger partial charge in [-0.05, 0) is 37.2 Å². The van der Waals surface area contributed by atoms with E-state index in [4.69, 9.17) is 11.6 Å². The minimum absolute atomic E-state index is 0.0910. The number of benzene rings is 1. The number of rotatable bonds is 3. The lowest BCUT2D eigenvalue weighted by molar-refractivity contribution is -0.384. The molecule has 0 radical (unpaired) electrons. The second-order valence-electron chi connectivity index (χ2n) is 6.38. The zero-order chi connectivity index (χ0) is 14.8. The van der Waals surface area contributed by atoms with Gasteiger partial charge in [-0.25, -0.2) is 0 Å². The molecule has 2 fully saturated rings. The van der Waals surface area contributed by atoms with E-state index in [1.165, 1.54) is 44.6 Å². The number of halogens is 1. The summed E-state index contributed by atoms with van der Waals surface area (Å²) in [5.74, 6) is 1.72. The smallest absolute Gasteiger partial charge is 0.271 e. The molecular formula is C16H21ClN2O2. The average molecular weight is 309 g/mol. The predicted octanol–water partition coefficient (Wildman–Crippen LogP) is 5.02. The second kappa shape index (κ2) is 6.22. The summed E-state index contributed by atoms with van der Waals surface area (Å²) in [5.41, 5.74) is 0.790. The molecule has 3 unspecified atom stereocenters. The fourth-order valence-corrected chi connectivity index (χ4v) is 4.13. The molecule has 21 heavy (non-hydrogen) atoms. The third-order valence-electron chi connectivity index (χ3n) is 5.06. The summed E-state index contributed by atoms with van der Waals surface area (Å²) < 4.78 is 0. The van der Waals surface area contributed by atoms with Crippen LogP contribution in [0, 0.1) is 22.0 Å². The number of nitrogens with one attached hydrogen (secondary N) is 1. The van der Waals surface area contributed by atoms with Gasteiger partial charge in [0.15, 0.2) is 0 Å². The number of hydrogen-bond acceptors (Lipinski definition) is 3. The Morgan fingerprint density at radius 1 is 1.14 bits per heavy atom. The molecule has 1 aromatic rings. The van der Waals surface area contributed by atoms with Crippen molar-refractivity contribution in [2.24, 2.45) is 11.8 Å². The highest BCUT2D eigenvalue weighted by Crippen LogP contribution is 2.41. The van der Waals surface area contributed by atoms with Crippen molar-refractivity contribution in [1.82, 2.24) is 0 Å². The minimum atomic E-state index is -0.375. The highest BCUT2D eigenvalue weighted by Gasteiger charge is 2.32. The molecule has 1 aromatic carbocycles. The van der Waals surface area contributed by atoms with Gasteiger partial charge in [0.2, 0.25) is 0 Å². The highest BCUT2D eigenvalue weighted by atomic mass is 35.5. The predicted molar refractivity (Wildman–Crippen MR) is 84.8 cm³/mol. The molecule has 0 aliphatic heterocycles. The van der Waals surface area contributed by atoms with E-state index < -0.39 is 0 Å². The van der Waals surface area contributed by atoms with E-state index >= 15 is 0 Å². The maximum Gasteiger partial charge on any atom is 0.271 e. The number of anilines is 1. The molecule has 3 rings (SSSR count). The third-order valence-corrected chi connectivity index (χ3v) is 5.39. The van der Waals surface area contributed by atoms with Crippen molar-refractivity contribution < 1.29 is 4.92 Å². The summed E-state index contributed by atoms with van der Waals surface area (Å²) in [7, 11) is 0. The Morgan fingerprint density at radius 3 is 2.67 bits per heavy atom. The molecule has 1 N–H and O–H groups in total. The van der Waals surface area contributed by atoms with Crippen molar-refractivity contribution in [3.05, 3.63) is 33.3 Å². The molecular weight excluding hydrogens is 288 g/mol. The van der Waals surface area contributed by atoms with Crippen LogP contribution in [0.3, 0.4) is 0 Å². The summed E-state index contributed by atoms with van der Waals surface area (Å²) >= 11 is 6.17. The summed E-state index contributed by atoms with van der Waals surface area (Å²) in [5, 5.41) is 14.9. The Morgan fingerprint density at radius 2 is 1.90 bits per heavy atom. The molecule has 3 atom stereocenters.